The highest BCUT2D eigenvalue weighted by atomic mass is 32.2. The first kappa shape index (κ1) is 24.7. The average Bonchev–Trinajstić information content (AvgIpc) is 2.77. The average molecular weight is 477 g/mol. The number of nitrogens with one attached hydrogen (secondary N) is 1. The van der Waals surface area contributed by atoms with Gasteiger partial charge >= 0.3 is 5.97 Å². The number of carbonyl (C=O) groups excluding carboxylic acids is 1. The second kappa shape index (κ2) is 10.8. The molecule has 0 radical (unpaired) electrons. The number of fused-ring (bicyclic) bond motifs is 1. The van der Waals surface area contributed by atoms with Crippen LogP contribution in [0.4, 0.5) is 0 Å². The highest BCUT2D eigenvalue weighted by Crippen LogP contribution is 2.30. The number of nitrogens with zero attached hydrogens (tertiary/aromatic N) is 1. The largest absolute Gasteiger partial charge is 0.469 e. The zero-order valence-electron chi connectivity index (χ0n) is 18.7. The lowest BCUT2D eigenvalue weighted by Gasteiger charge is -2.28. The number of hydrogen-bond donors (Lipinski definition) is 1. The molecule has 0 spiro atoms. The zero-order valence-corrected chi connectivity index (χ0v) is 19.5. The smallest absolute Gasteiger partial charge is 0.305 e. The summed E-state index contributed by atoms with van der Waals surface area (Å²) in [6.45, 7) is 1.69. The summed E-state index contributed by atoms with van der Waals surface area (Å²) in [5.74, 6) is -0.334. The third kappa shape index (κ3) is 6.29. The van der Waals surface area contributed by atoms with Gasteiger partial charge in [0, 0.05) is 12.5 Å². The molecule has 1 unspecified atom stereocenters. The molecule has 1 aliphatic carbocycles. The molecule has 0 fully saturated rings. The lowest BCUT2D eigenvalue weighted by molar-refractivity contribution is -0.757. The fourth-order valence-electron chi connectivity index (χ4n) is 4.33. The maximum absolute atomic E-state index is 12.9. The van der Waals surface area contributed by atoms with Crippen molar-refractivity contribution in [2.45, 2.75) is 56.4 Å². The van der Waals surface area contributed by atoms with Crippen LogP contribution in [0.3, 0.4) is 0 Å². The van der Waals surface area contributed by atoms with E-state index in [1.54, 1.807) is 31.2 Å². The highest BCUT2D eigenvalue weighted by molar-refractivity contribution is 7.89. The number of aryl methyl sites for hydroxylation is 1. The molecule has 2 aromatic carbocycles. The Morgan fingerprint density at radius 2 is 1.97 bits per heavy atom. The van der Waals surface area contributed by atoms with Crippen molar-refractivity contribution in [2.24, 2.45) is 0 Å². The van der Waals surface area contributed by atoms with E-state index >= 15 is 0 Å². The van der Waals surface area contributed by atoms with Crippen molar-refractivity contribution >= 4 is 16.0 Å². The molecule has 0 saturated heterocycles. The van der Waals surface area contributed by atoms with E-state index in [-0.39, 0.29) is 29.9 Å². The van der Waals surface area contributed by atoms with E-state index in [4.69, 9.17) is 4.74 Å². The molecule has 2 aromatic rings. The summed E-state index contributed by atoms with van der Waals surface area (Å²) >= 11 is 0. The standard InChI is InChI=1S/C23H28N2O7S/c1-16-5-3-4-6-22(16)33(29,30)24-19-9-10-21-18(15-19)8-7-17(13-14-32-25(27)28)20(21)11-12-23(26)31-2/h3-8,19,24H,9-15H2,1-2H3. The van der Waals surface area contributed by atoms with Crippen LogP contribution in [0.1, 0.15) is 40.7 Å². The number of ether oxygens (including phenoxy) is 1. The summed E-state index contributed by atoms with van der Waals surface area (Å²) in [6, 6.07) is 10.4. The summed E-state index contributed by atoms with van der Waals surface area (Å²) in [6.07, 6.45) is 2.75. The Morgan fingerprint density at radius 1 is 1.21 bits per heavy atom. The minimum Gasteiger partial charge on any atom is -0.469 e. The Bertz CT molecular complexity index is 1130. The summed E-state index contributed by atoms with van der Waals surface area (Å²) in [5.41, 5.74) is 4.62. The molecular weight excluding hydrogens is 448 g/mol. The number of hydrogen-bond acceptors (Lipinski definition) is 7. The third-order valence-electron chi connectivity index (χ3n) is 5.91. The SMILES string of the molecule is COC(=O)CCc1c(CCO[N+](=O)[O-])ccc2c1CCC(NS(=O)(=O)c1ccccc1C)C2. The van der Waals surface area contributed by atoms with E-state index in [0.717, 1.165) is 22.3 Å². The van der Waals surface area contributed by atoms with E-state index in [2.05, 4.69) is 9.56 Å². The van der Waals surface area contributed by atoms with Crippen molar-refractivity contribution < 1.29 is 27.9 Å². The molecule has 0 aliphatic heterocycles. The molecule has 1 aliphatic rings. The minimum atomic E-state index is -3.65. The van der Waals surface area contributed by atoms with Crippen molar-refractivity contribution in [3.05, 3.63) is 74.3 Å². The molecule has 0 heterocycles. The summed E-state index contributed by atoms with van der Waals surface area (Å²) in [4.78, 5) is 27.0. The molecule has 0 aromatic heterocycles. The van der Waals surface area contributed by atoms with E-state index in [1.165, 1.54) is 7.11 Å². The molecule has 9 nitrogen and oxygen atoms in total. The second-order valence-electron chi connectivity index (χ2n) is 8.05. The van der Waals surface area contributed by atoms with Crippen LogP contribution in [-0.4, -0.2) is 39.2 Å². The monoisotopic (exact) mass is 476 g/mol. The molecule has 178 valence electrons. The first-order valence-electron chi connectivity index (χ1n) is 10.8. The Morgan fingerprint density at radius 3 is 2.67 bits per heavy atom. The Hall–Kier alpha value is -2.98. The third-order valence-corrected chi connectivity index (χ3v) is 7.59. The first-order chi connectivity index (χ1) is 15.7. The van der Waals surface area contributed by atoms with E-state index in [0.29, 0.717) is 37.7 Å². The molecule has 0 amide bonds. The van der Waals surface area contributed by atoms with Gasteiger partial charge in [-0.2, -0.15) is 0 Å². The van der Waals surface area contributed by atoms with Crippen molar-refractivity contribution in [3.63, 3.8) is 0 Å². The van der Waals surface area contributed by atoms with Crippen LogP contribution in [0.25, 0.3) is 0 Å². The molecule has 1 N–H and O–H groups in total. The van der Waals surface area contributed by atoms with Crippen molar-refractivity contribution in [1.82, 2.24) is 4.72 Å². The second-order valence-corrected chi connectivity index (χ2v) is 9.73. The predicted octanol–water partition coefficient (Wildman–Crippen LogP) is 2.69. The number of methoxy groups -OCH3 is 1. The van der Waals surface area contributed by atoms with Gasteiger partial charge in [0.25, 0.3) is 5.09 Å². The van der Waals surface area contributed by atoms with E-state index in [9.17, 15) is 23.3 Å². The molecule has 3 rings (SSSR count). The first-order valence-corrected chi connectivity index (χ1v) is 12.2. The number of carbonyl (C=O) groups is 1. The van der Waals surface area contributed by atoms with Crippen LogP contribution in [-0.2, 0) is 50.1 Å². The molecule has 0 bridgehead atoms. The summed E-state index contributed by atoms with van der Waals surface area (Å²) < 4.78 is 33.4. The maximum atomic E-state index is 12.9. The van der Waals surface area contributed by atoms with Gasteiger partial charge in [0.1, 0.15) is 6.61 Å². The minimum absolute atomic E-state index is 0.0735. The van der Waals surface area contributed by atoms with Gasteiger partial charge in [-0.3, -0.25) is 4.79 Å². The highest BCUT2D eigenvalue weighted by Gasteiger charge is 2.27. The van der Waals surface area contributed by atoms with Gasteiger partial charge in [-0.25, -0.2) is 13.1 Å². The van der Waals surface area contributed by atoms with Gasteiger partial charge < -0.3 is 9.57 Å². The number of sulfonamides is 1. The fourth-order valence-corrected chi connectivity index (χ4v) is 5.84. The molecule has 0 saturated carbocycles. The van der Waals surface area contributed by atoms with Gasteiger partial charge in [0.2, 0.25) is 10.0 Å². The van der Waals surface area contributed by atoms with E-state index in [1.807, 2.05) is 12.1 Å². The molecule has 10 heteroatoms. The van der Waals surface area contributed by atoms with Crippen LogP contribution in [0.15, 0.2) is 41.3 Å². The van der Waals surface area contributed by atoms with Crippen LogP contribution < -0.4 is 4.72 Å². The maximum Gasteiger partial charge on any atom is 0.305 e. The van der Waals surface area contributed by atoms with Crippen molar-refractivity contribution in [2.75, 3.05) is 13.7 Å². The predicted molar refractivity (Wildman–Crippen MR) is 121 cm³/mol. The molecule has 1 atom stereocenters. The van der Waals surface area contributed by atoms with Gasteiger partial charge in [-0.15, -0.1) is 10.1 Å². The Labute approximate surface area is 193 Å². The van der Waals surface area contributed by atoms with Crippen molar-refractivity contribution in [3.8, 4) is 0 Å². The molecule has 33 heavy (non-hydrogen) atoms. The van der Waals surface area contributed by atoms with Crippen molar-refractivity contribution in [1.29, 1.82) is 0 Å². The number of benzene rings is 2. The number of esters is 1. The normalized spacial score (nSPS) is 15.5. The quantitative estimate of drug-likeness (QED) is 0.317. The molecular formula is C23H28N2O7S. The number of rotatable bonds is 10. The fraction of sp³-hybridized carbons (Fsp3) is 0.435. The topological polar surface area (TPSA) is 125 Å². The van der Waals surface area contributed by atoms with Crippen LogP contribution in [0, 0.1) is 17.0 Å². The Kier molecular flexibility index (Phi) is 8.04. The lowest BCUT2D eigenvalue weighted by atomic mass is 9.82. The van der Waals surface area contributed by atoms with Gasteiger partial charge in [-0.05, 0) is 72.9 Å². The summed E-state index contributed by atoms with van der Waals surface area (Å²) in [5, 5.41) is 9.68. The summed E-state index contributed by atoms with van der Waals surface area (Å²) in [7, 11) is -2.31. The van der Waals surface area contributed by atoms with Gasteiger partial charge in [0.05, 0.1) is 12.0 Å². The Balaban J connectivity index is 1.81. The van der Waals surface area contributed by atoms with E-state index < -0.39 is 15.1 Å². The van der Waals surface area contributed by atoms with Gasteiger partial charge in [-0.1, -0.05) is 30.3 Å². The lowest BCUT2D eigenvalue weighted by Crippen LogP contribution is -2.39. The van der Waals surface area contributed by atoms with Gasteiger partial charge in [0.15, 0.2) is 0 Å². The van der Waals surface area contributed by atoms with Crippen LogP contribution in [0.5, 0.6) is 0 Å². The van der Waals surface area contributed by atoms with Crippen LogP contribution >= 0.6 is 0 Å². The zero-order chi connectivity index (χ0) is 24.0. The van der Waals surface area contributed by atoms with Crippen LogP contribution in [0.2, 0.25) is 0 Å².